The van der Waals surface area contributed by atoms with Gasteiger partial charge in [0.1, 0.15) is 0 Å². The minimum absolute atomic E-state index is 0.172. The highest BCUT2D eigenvalue weighted by molar-refractivity contribution is 5.98. The van der Waals surface area contributed by atoms with E-state index in [0.29, 0.717) is 35.3 Å². The molecule has 1 aliphatic heterocycles. The molecule has 0 unspecified atom stereocenters. The second-order valence-corrected chi connectivity index (χ2v) is 6.79. The quantitative estimate of drug-likeness (QED) is 0.617. The molecule has 3 aliphatic rings. The first-order valence-electron chi connectivity index (χ1n) is 8.27. The van der Waals surface area contributed by atoms with Crippen LogP contribution in [0.5, 0.6) is 11.5 Å². The fourth-order valence-electron chi connectivity index (χ4n) is 4.20. The van der Waals surface area contributed by atoms with Gasteiger partial charge in [-0.1, -0.05) is 6.42 Å². The van der Waals surface area contributed by atoms with Gasteiger partial charge >= 0.3 is 5.97 Å². The van der Waals surface area contributed by atoms with Gasteiger partial charge in [-0.3, -0.25) is 9.59 Å². The monoisotopic (exact) mass is 316 g/mol. The number of ether oxygens (including phenoxy) is 3. The number of esters is 1. The van der Waals surface area contributed by atoms with Gasteiger partial charge in [0.05, 0.1) is 0 Å². The highest BCUT2D eigenvalue weighted by atomic mass is 16.7. The van der Waals surface area contributed by atoms with Crippen LogP contribution in [0.1, 0.15) is 42.5 Å². The molecule has 0 saturated heterocycles. The Morgan fingerprint density at radius 1 is 1.13 bits per heavy atom. The zero-order valence-electron chi connectivity index (χ0n) is 13.0. The predicted molar refractivity (Wildman–Crippen MR) is 81.4 cm³/mol. The Bertz CT molecular complexity index is 638. The minimum atomic E-state index is -0.253. The van der Waals surface area contributed by atoms with Crippen molar-refractivity contribution in [2.75, 3.05) is 13.4 Å². The molecule has 5 heteroatoms. The van der Waals surface area contributed by atoms with Crippen LogP contribution < -0.4 is 9.47 Å². The van der Waals surface area contributed by atoms with Crippen LogP contribution >= 0.6 is 0 Å². The van der Waals surface area contributed by atoms with Crippen molar-refractivity contribution in [1.29, 1.82) is 0 Å². The molecule has 0 spiro atoms. The van der Waals surface area contributed by atoms with Crippen LogP contribution in [0.2, 0.25) is 0 Å². The molecule has 0 amide bonds. The summed E-state index contributed by atoms with van der Waals surface area (Å²) in [6.07, 6.45) is 5.44. The fraction of sp³-hybridized carbons (Fsp3) is 0.556. The molecule has 2 aliphatic carbocycles. The summed E-state index contributed by atoms with van der Waals surface area (Å²) in [6.45, 7) is -0.0369. The van der Waals surface area contributed by atoms with Crippen molar-refractivity contribution in [2.45, 2.75) is 32.1 Å². The molecule has 0 radical (unpaired) electrons. The third-order valence-corrected chi connectivity index (χ3v) is 5.37. The van der Waals surface area contributed by atoms with E-state index in [-0.39, 0.29) is 25.2 Å². The number of Topliss-reactive ketones (excluding diaryl/α,β-unsaturated/α-hetero) is 1. The van der Waals surface area contributed by atoms with E-state index in [4.69, 9.17) is 14.2 Å². The maximum absolute atomic E-state index is 12.1. The summed E-state index contributed by atoms with van der Waals surface area (Å²) in [4.78, 5) is 24.1. The van der Waals surface area contributed by atoms with Gasteiger partial charge in [0.2, 0.25) is 6.79 Å². The molecule has 1 aromatic carbocycles. The molecule has 0 aromatic heterocycles. The summed E-state index contributed by atoms with van der Waals surface area (Å²) in [7, 11) is 0. The molecule has 2 saturated carbocycles. The molecule has 3 atom stereocenters. The lowest BCUT2D eigenvalue weighted by Crippen LogP contribution is -2.19. The predicted octanol–water partition coefficient (Wildman–Crippen LogP) is 2.97. The second-order valence-electron chi connectivity index (χ2n) is 6.79. The Morgan fingerprint density at radius 3 is 2.78 bits per heavy atom. The SMILES string of the molecule is O=C(C[C@@H]1C[C@H]2CC[C@@H]1C2)OCC(=O)c1ccc2c(c1)OCO2. The molecule has 2 bridgehead atoms. The normalized spacial score (nSPS) is 27.2. The number of hydrogen-bond donors (Lipinski definition) is 0. The summed E-state index contributed by atoms with van der Waals surface area (Å²) < 4.78 is 15.6. The van der Waals surface area contributed by atoms with Crippen molar-refractivity contribution in [3.63, 3.8) is 0 Å². The lowest BCUT2D eigenvalue weighted by atomic mass is 9.86. The van der Waals surface area contributed by atoms with Crippen LogP contribution in [0.15, 0.2) is 18.2 Å². The number of fused-ring (bicyclic) bond motifs is 3. The fourth-order valence-corrected chi connectivity index (χ4v) is 4.20. The number of hydrogen-bond acceptors (Lipinski definition) is 5. The van der Waals surface area contributed by atoms with Gasteiger partial charge in [-0.15, -0.1) is 0 Å². The Morgan fingerprint density at radius 2 is 2.00 bits per heavy atom. The molecule has 23 heavy (non-hydrogen) atoms. The van der Waals surface area contributed by atoms with Crippen molar-refractivity contribution in [3.05, 3.63) is 23.8 Å². The van der Waals surface area contributed by atoms with E-state index in [0.717, 1.165) is 12.3 Å². The minimum Gasteiger partial charge on any atom is -0.457 e. The van der Waals surface area contributed by atoms with E-state index in [9.17, 15) is 9.59 Å². The first kappa shape index (κ1) is 14.5. The number of rotatable bonds is 5. The number of ketones is 1. The molecule has 5 nitrogen and oxygen atoms in total. The summed E-state index contributed by atoms with van der Waals surface area (Å²) in [5.41, 5.74) is 0.474. The van der Waals surface area contributed by atoms with Crippen molar-refractivity contribution in [3.8, 4) is 11.5 Å². The van der Waals surface area contributed by atoms with Crippen molar-refractivity contribution >= 4 is 11.8 Å². The molecule has 1 aromatic rings. The molecular weight excluding hydrogens is 296 g/mol. The number of carbonyl (C=O) groups excluding carboxylic acids is 2. The third-order valence-electron chi connectivity index (χ3n) is 5.37. The Hall–Kier alpha value is -2.04. The van der Waals surface area contributed by atoms with E-state index >= 15 is 0 Å². The molecule has 0 N–H and O–H groups in total. The summed E-state index contributed by atoms with van der Waals surface area (Å²) in [6, 6.07) is 5.00. The summed E-state index contributed by atoms with van der Waals surface area (Å²) in [5.74, 6) is 2.69. The largest absolute Gasteiger partial charge is 0.457 e. The van der Waals surface area contributed by atoms with Gasteiger partial charge in [-0.05, 0) is 55.2 Å². The van der Waals surface area contributed by atoms with Crippen LogP contribution in [-0.4, -0.2) is 25.2 Å². The van der Waals surface area contributed by atoms with Gasteiger partial charge in [0, 0.05) is 12.0 Å². The third kappa shape index (κ3) is 2.92. The van der Waals surface area contributed by atoms with Crippen LogP contribution in [-0.2, 0) is 9.53 Å². The van der Waals surface area contributed by atoms with Crippen molar-refractivity contribution < 1.29 is 23.8 Å². The Labute approximate surface area is 134 Å². The number of benzene rings is 1. The van der Waals surface area contributed by atoms with Crippen molar-refractivity contribution in [2.24, 2.45) is 17.8 Å². The average molecular weight is 316 g/mol. The average Bonchev–Trinajstić information content (AvgIpc) is 3.27. The maximum atomic E-state index is 12.1. The molecular formula is C18H20O5. The first-order valence-corrected chi connectivity index (χ1v) is 8.27. The smallest absolute Gasteiger partial charge is 0.306 e. The molecule has 1 heterocycles. The van der Waals surface area contributed by atoms with E-state index in [2.05, 4.69) is 0 Å². The summed E-state index contributed by atoms with van der Waals surface area (Å²) in [5, 5.41) is 0. The lowest BCUT2D eigenvalue weighted by molar-refractivity contribution is -0.144. The van der Waals surface area contributed by atoms with E-state index in [1.54, 1.807) is 18.2 Å². The number of carbonyl (C=O) groups is 2. The maximum Gasteiger partial charge on any atom is 0.306 e. The topological polar surface area (TPSA) is 61.8 Å². The van der Waals surface area contributed by atoms with E-state index < -0.39 is 0 Å². The standard InChI is InChI=1S/C18H20O5/c19-15(13-3-4-16-17(7-13)23-10-22-16)9-21-18(20)8-14-6-11-1-2-12(14)5-11/h3-4,7,11-12,14H,1-2,5-6,8-10H2/t11-,12+,14-/m0/s1. The van der Waals surface area contributed by atoms with Gasteiger partial charge in [0.15, 0.2) is 23.9 Å². The molecule has 2 fully saturated rings. The van der Waals surface area contributed by atoms with Crippen molar-refractivity contribution in [1.82, 2.24) is 0 Å². The Kier molecular flexibility index (Phi) is 3.71. The first-order chi connectivity index (χ1) is 11.2. The van der Waals surface area contributed by atoms with Crippen LogP contribution in [0.3, 0.4) is 0 Å². The van der Waals surface area contributed by atoms with Crippen LogP contribution in [0, 0.1) is 17.8 Å². The molecule has 4 rings (SSSR count). The van der Waals surface area contributed by atoms with E-state index in [1.165, 1.54) is 19.3 Å². The Balaban J connectivity index is 1.28. The highest BCUT2D eigenvalue weighted by Gasteiger charge is 2.40. The van der Waals surface area contributed by atoms with E-state index in [1.807, 2.05) is 0 Å². The van der Waals surface area contributed by atoms with Crippen LogP contribution in [0.4, 0.5) is 0 Å². The van der Waals surface area contributed by atoms with Gasteiger partial charge < -0.3 is 14.2 Å². The highest BCUT2D eigenvalue weighted by Crippen LogP contribution is 2.49. The molecule has 122 valence electrons. The summed E-state index contributed by atoms with van der Waals surface area (Å²) >= 11 is 0. The van der Waals surface area contributed by atoms with Gasteiger partial charge in [-0.25, -0.2) is 0 Å². The zero-order chi connectivity index (χ0) is 15.8. The zero-order valence-corrected chi connectivity index (χ0v) is 13.0. The lowest BCUT2D eigenvalue weighted by Gasteiger charge is -2.20. The van der Waals surface area contributed by atoms with Gasteiger partial charge in [0.25, 0.3) is 0 Å². The van der Waals surface area contributed by atoms with Crippen LogP contribution in [0.25, 0.3) is 0 Å². The second kappa shape index (κ2) is 5.87. The van der Waals surface area contributed by atoms with Gasteiger partial charge in [-0.2, -0.15) is 0 Å².